The van der Waals surface area contributed by atoms with Crippen molar-refractivity contribution < 1.29 is 14.0 Å². The summed E-state index contributed by atoms with van der Waals surface area (Å²) >= 11 is 7.21. The van der Waals surface area contributed by atoms with Crippen LogP contribution in [0.2, 0.25) is 5.02 Å². The van der Waals surface area contributed by atoms with Crippen molar-refractivity contribution in [3.05, 3.63) is 64.5 Å². The normalized spacial score (nSPS) is 10.4. The van der Waals surface area contributed by atoms with Gasteiger partial charge in [0.2, 0.25) is 5.91 Å². The Labute approximate surface area is 152 Å². The van der Waals surface area contributed by atoms with Crippen LogP contribution in [0.15, 0.2) is 52.5 Å². The highest BCUT2D eigenvalue weighted by atomic mass is 35.5. The molecule has 1 aromatic carbocycles. The lowest BCUT2D eigenvalue weighted by atomic mass is 10.2. The number of furan rings is 1. The van der Waals surface area contributed by atoms with Crippen molar-refractivity contribution in [1.29, 1.82) is 0 Å². The fraction of sp³-hybridized carbons (Fsp3) is 0.118. The van der Waals surface area contributed by atoms with E-state index < -0.39 is 5.91 Å². The van der Waals surface area contributed by atoms with Gasteiger partial charge in [-0.15, -0.1) is 11.3 Å². The number of carbonyl (C=O) groups excluding carboxylic acids is 2. The molecule has 2 heterocycles. The van der Waals surface area contributed by atoms with Gasteiger partial charge in [-0.1, -0.05) is 23.7 Å². The van der Waals surface area contributed by atoms with E-state index in [2.05, 4.69) is 15.6 Å². The quantitative estimate of drug-likeness (QED) is 0.693. The second kappa shape index (κ2) is 7.96. The second-order valence-electron chi connectivity index (χ2n) is 5.08. The van der Waals surface area contributed by atoms with E-state index in [-0.39, 0.29) is 24.7 Å². The third kappa shape index (κ3) is 4.68. The Kier molecular flexibility index (Phi) is 5.47. The summed E-state index contributed by atoms with van der Waals surface area (Å²) < 4.78 is 5.11. The molecule has 25 heavy (non-hydrogen) atoms. The molecule has 0 aliphatic heterocycles. The molecule has 0 atom stereocenters. The van der Waals surface area contributed by atoms with Crippen molar-refractivity contribution in [2.75, 3.05) is 6.54 Å². The number of carbonyl (C=O) groups is 2. The maximum atomic E-state index is 12.1. The van der Waals surface area contributed by atoms with Crippen molar-refractivity contribution in [2.24, 2.45) is 0 Å². The monoisotopic (exact) mass is 375 g/mol. The van der Waals surface area contributed by atoms with Gasteiger partial charge in [0.25, 0.3) is 5.91 Å². The highest BCUT2D eigenvalue weighted by Gasteiger charge is 2.13. The first-order valence-corrected chi connectivity index (χ1v) is 8.66. The zero-order chi connectivity index (χ0) is 17.6. The van der Waals surface area contributed by atoms with Crippen LogP contribution in [0.5, 0.6) is 0 Å². The lowest BCUT2D eigenvalue weighted by molar-refractivity contribution is -0.120. The molecule has 0 spiro atoms. The largest absolute Gasteiger partial charge is 0.467 e. The van der Waals surface area contributed by atoms with Crippen LogP contribution in [0.25, 0.3) is 10.6 Å². The Balaban J connectivity index is 1.51. The minimum absolute atomic E-state index is 0.132. The van der Waals surface area contributed by atoms with E-state index in [0.717, 1.165) is 5.56 Å². The molecule has 0 unspecified atom stereocenters. The van der Waals surface area contributed by atoms with Gasteiger partial charge in [-0.3, -0.25) is 9.59 Å². The summed E-state index contributed by atoms with van der Waals surface area (Å²) in [6.07, 6.45) is 1.53. The molecule has 0 aliphatic carbocycles. The molecule has 3 rings (SSSR count). The number of thiazole rings is 1. The molecular formula is C17H14ClN3O3S. The van der Waals surface area contributed by atoms with Crippen LogP contribution >= 0.6 is 22.9 Å². The van der Waals surface area contributed by atoms with Gasteiger partial charge < -0.3 is 15.1 Å². The molecule has 3 aromatic rings. The first kappa shape index (κ1) is 17.2. The minimum atomic E-state index is -0.399. The summed E-state index contributed by atoms with van der Waals surface area (Å²) in [6, 6.07) is 10.7. The average molecular weight is 376 g/mol. The number of nitrogens with one attached hydrogen (secondary N) is 2. The third-order valence-electron chi connectivity index (χ3n) is 3.28. The lowest BCUT2D eigenvalue weighted by Crippen LogP contribution is -2.36. The molecule has 0 aliphatic rings. The van der Waals surface area contributed by atoms with Gasteiger partial charge in [-0.05, 0) is 24.3 Å². The number of benzene rings is 1. The van der Waals surface area contributed by atoms with Crippen LogP contribution in [-0.2, 0) is 11.3 Å². The van der Waals surface area contributed by atoms with E-state index in [0.29, 0.717) is 15.8 Å². The lowest BCUT2D eigenvalue weighted by Gasteiger charge is -2.04. The van der Waals surface area contributed by atoms with E-state index in [9.17, 15) is 9.59 Å². The number of aromatic nitrogens is 1. The van der Waals surface area contributed by atoms with Crippen molar-refractivity contribution in [1.82, 2.24) is 15.6 Å². The fourth-order valence-electron chi connectivity index (χ4n) is 2.02. The zero-order valence-electron chi connectivity index (χ0n) is 13.0. The number of nitrogens with zero attached hydrogens (tertiary/aromatic N) is 1. The maximum Gasteiger partial charge on any atom is 0.271 e. The molecule has 2 amide bonds. The van der Waals surface area contributed by atoms with Crippen molar-refractivity contribution in [2.45, 2.75) is 6.54 Å². The summed E-state index contributed by atoms with van der Waals surface area (Å²) in [4.78, 5) is 28.1. The maximum absolute atomic E-state index is 12.1. The van der Waals surface area contributed by atoms with Crippen LogP contribution in [0.3, 0.4) is 0 Å². The number of hydrogen-bond acceptors (Lipinski definition) is 5. The van der Waals surface area contributed by atoms with E-state index >= 15 is 0 Å². The highest BCUT2D eigenvalue weighted by molar-refractivity contribution is 7.13. The van der Waals surface area contributed by atoms with Gasteiger partial charge in [0.1, 0.15) is 16.5 Å². The SMILES string of the molecule is O=C(CNC(=O)c1csc(-c2ccc(Cl)cc2)n1)NCc1ccco1. The van der Waals surface area contributed by atoms with Gasteiger partial charge in [-0.25, -0.2) is 4.98 Å². The zero-order valence-corrected chi connectivity index (χ0v) is 14.6. The van der Waals surface area contributed by atoms with Crippen LogP contribution in [0, 0.1) is 0 Å². The fourth-order valence-corrected chi connectivity index (χ4v) is 2.95. The van der Waals surface area contributed by atoms with Gasteiger partial charge in [0, 0.05) is 16.0 Å². The average Bonchev–Trinajstić information content (AvgIpc) is 3.30. The van der Waals surface area contributed by atoms with Crippen LogP contribution in [-0.4, -0.2) is 23.3 Å². The predicted octanol–water partition coefficient (Wildman–Crippen LogP) is 3.10. The smallest absolute Gasteiger partial charge is 0.271 e. The van der Waals surface area contributed by atoms with Crippen LogP contribution in [0.1, 0.15) is 16.2 Å². The molecule has 128 valence electrons. The van der Waals surface area contributed by atoms with Crippen molar-refractivity contribution in [3.8, 4) is 10.6 Å². The number of halogens is 1. The van der Waals surface area contributed by atoms with Crippen molar-refractivity contribution >= 4 is 34.8 Å². The van der Waals surface area contributed by atoms with Crippen LogP contribution in [0.4, 0.5) is 0 Å². The molecule has 8 heteroatoms. The number of rotatable bonds is 6. The molecule has 6 nitrogen and oxygen atoms in total. The Bertz CT molecular complexity index is 860. The molecule has 2 aromatic heterocycles. The first-order chi connectivity index (χ1) is 12.1. The van der Waals surface area contributed by atoms with E-state index in [1.807, 2.05) is 12.1 Å². The summed E-state index contributed by atoms with van der Waals surface area (Å²) in [5, 5.41) is 8.20. The molecule has 0 saturated carbocycles. The number of amides is 2. The Morgan fingerprint density at radius 1 is 1.16 bits per heavy atom. The topological polar surface area (TPSA) is 84.2 Å². The molecule has 0 fully saturated rings. The van der Waals surface area contributed by atoms with E-state index in [1.165, 1.54) is 17.6 Å². The molecule has 2 N–H and O–H groups in total. The van der Waals surface area contributed by atoms with Crippen molar-refractivity contribution in [3.63, 3.8) is 0 Å². The summed E-state index contributed by atoms with van der Waals surface area (Å²) in [6.45, 7) is 0.145. The highest BCUT2D eigenvalue weighted by Crippen LogP contribution is 2.25. The Hall–Kier alpha value is -2.64. The number of hydrogen-bond donors (Lipinski definition) is 2. The first-order valence-electron chi connectivity index (χ1n) is 7.40. The van der Waals surface area contributed by atoms with E-state index in [4.69, 9.17) is 16.0 Å². The van der Waals surface area contributed by atoms with E-state index in [1.54, 1.807) is 29.6 Å². The molecule has 0 saturated heterocycles. The van der Waals surface area contributed by atoms with Gasteiger partial charge in [0.15, 0.2) is 0 Å². The minimum Gasteiger partial charge on any atom is -0.467 e. The Morgan fingerprint density at radius 2 is 1.96 bits per heavy atom. The molecule has 0 radical (unpaired) electrons. The Morgan fingerprint density at radius 3 is 2.68 bits per heavy atom. The van der Waals surface area contributed by atoms with Gasteiger partial charge in [-0.2, -0.15) is 0 Å². The van der Waals surface area contributed by atoms with Crippen LogP contribution < -0.4 is 10.6 Å². The summed E-state index contributed by atoms with van der Waals surface area (Å²) in [5.74, 6) is -0.0608. The van der Waals surface area contributed by atoms with Gasteiger partial charge >= 0.3 is 0 Å². The third-order valence-corrected chi connectivity index (χ3v) is 4.42. The second-order valence-corrected chi connectivity index (χ2v) is 6.38. The summed E-state index contributed by atoms with van der Waals surface area (Å²) in [5.41, 5.74) is 1.15. The van der Waals surface area contributed by atoms with Gasteiger partial charge in [0.05, 0.1) is 19.4 Å². The standard InChI is InChI=1S/C17H14ClN3O3S/c18-12-5-3-11(4-6-12)17-21-14(10-25-17)16(23)20-9-15(22)19-8-13-2-1-7-24-13/h1-7,10H,8-9H2,(H,19,22)(H,20,23). The predicted molar refractivity (Wildman–Crippen MR) is 95.4 cm³/mol. The molecule has 0 bridgehead atoms. The summed E-state index contributed by atoms with van der Waals surface area (Å²) in [7, 11) is 0. The molecular weight excluding hydrogens is 362 g/mol.